The molecule has 2 saturated heterocycles. The predicted octanol–water partition coefficient (Wildman–Crippen LogP) is 1.49. The van der Waals surface area contributed by atoms with Gasteiger partial charge in [-0.1, -0.05) is 54.3 Å². The first kappa shape index (κ1) is 18.3. The summed E-state index contributed by atoms with van der Waals surface area (Å²) >= 11 is 6.31. The second-order valence-electron chi connectivity index (χ2n) is 5.71. The van der Waals surface area contributed by atoms with Gasteiger partial charge in [0, 0.05) is 6.54 Å². The van der Waals surface area contributed by atoms with E-state index in [-0.39, 0.29) is 23.7 Å². The monoisotopic (exact) mass is 390 g/mol. The van der Waals surface area contributed by atoms with E-state index < -0.39 is 29.7 Å². The van der Waals surface area contributed by atoms with Crippen molar-refractivity contribution in [2.75, 3.05) is 6.54 Å². The standard InChI is InChI=1S/C17H14N2O5S2/c20-13-9-11(15(23)18(13)7-6-14(21)22)19-16(24)12(26-17(19)25)8-10-4-2-1-3-5-10/h1-5,8,11H,6-7,9H2,(H,21,22)/b12-8-/t11-/m1/s1. The molecule has 0 aromatic heterocycles. The predicted molar refractivity (Wildman–Crippen MR) is 98.8 cm³/mol. The zero-order chi connectivity index (χ0) is 18.8. The number of likely N-dealkylation sites (tertiary alicyclic amines) is 1. The number of rotatable bonds is 5. The van der Waals surface area contributed by atoms with Crippen LogP contribution >= 0.6 is 24.0 Å². The molecule has 7 nitrogen and oxygen atoms in total. The number of thiocarbonyl (C=S) groups is 1. The molecule has 26 heavy (non-hydrogen) atoms. The van der Waals surface area contributed by atoms with E-state index >= 15 is 0 Å². The van der Waals surface area contributed by atoms with Crippen LogP contribution in [0.2, 0.25) is 0 Å². The number of carbonyl (C=O) groups is 4. The number of hydrogen-bond donors (Lipinski definition) is 1. The highest BCUT2D eigenvalue weighted by molar-refractivity contribution is 8.26. The minimum Gasteiger partial charge on any atom is -0.481 e. The molecule has 3 rings (SSSR count). The number of carboxylic acid groups (broad SMARTS) is 1. The fourth-order valence-corrected chi connectivity index (χ4v) is 4.12. The molecule has 1 aromatic rings. The average Bonchev–Trinajstić information content (AvgIpc) is 3.02. The molecule has 2 aliphatic heterocycles. The summed E-state index contributed by atoms with van der Waals surface area (Å²) in [5.74, 6) is -2.61. The van der Waals surface area contributed by atoms with Crippen molar-refractivity contribution in [3.05, 3.63) is 40.8 Å². The van der Waals surface area contributed by atoms with Crippen molar-refractivity contribution in [2.45, 2.75) is 18.9 Å². The third-order valence-electron chi connectivity index (χ3n) is 4.00. The molecular weight excluding hydrogens is 376 g/mol. The van der Waals surface area contributed by atoms with Gasteiger partial charge in [-0.15, -0.1) is 0 Å². The fourth-order valence-electron chi connectivity index (χ4n) is 2.76. The number of thioether (sulfide) groups is 1. The first-order valence-corrected chi connectivity index (χ1v) is 8.99. The number of benzene rings is 1. The molecule has 1 N–H and O–H groups in total. The number of nitrogens with zero attached hydrogens (tertiary/aromatic N) is 2. The molecule has 1 atom stereocenters. The summed E-state index contributed by atoms with van der Waals surface area (Å²) in [7, 11) is 0. The van der Waals surface area contributed by atoms with Crippen LogP contribution in [0.1, 0.15) is 18.4 Å². The zero-order valence-corrected chi connectivity index (χ0v) is 15.1. The highest BCUT2D eigenvalue weighted by Crippen LogP contribution is 2.36. The van der Waals surface area contributed by atoms with E-state index in [1.807, 2.05) is 30.3 Å². The van der Waals surface area contributed by atoms with Crippen LogP contribution < -0.4 is 0 Å². The van der Waals surface area contributed by atoms with E-state index in [2.05, 4.69) is 0 Å². The van der Waals surface area contributed by atoms with Crippen molar-refractivity contribution in [1.82, 2.24) is 9.80 Å². The lowest BCUT2D eigenvalue weighted by molar-refractivity contribution is -0.142. The molecule has 0 bridgehead atoms. The van der Waals surface area contributed by atoms with Crippen LogP contribution in [0.25, 0.3) is 6.08 Å². The van der Waals surface area contributed by atoms with Gasteiger partial charge in [-0.05, 0) is 11.6 Å². The maximum Gasteiger partial charge on any atom is 0.305 e. The van der Waals surface area contributed by atoms with Gasteiger partial charge < -0.3 is 5.11 Å². The lowest BCUT2D eigenvalue weighted by Gasteiger charge is -2.21. The number of carboxylic acids is 1. The van der Waals surface area contributed by atoms with Crippen LogP contribution in [0.15, 0.2) is 35.2 Å². The Hall–Kier alpha value is -2.52. The summed E-state index contributed by atoms with van der Waals surface area (Å²) in [6.07, 6.45) is 1.16. The highest BCUT2D eigenvalue weighted by atomic mass is 32.2. The Labute approximate surface area is 158 Å². The maximum atomic E-state index is 12.7. The Morgan fingerprint density at radius 1 is 1.27 bits per heavy atom. The van der Waals surface area contributed by atoms with Crippen LogP contribution in [-0.2, 0) is 19.2 Å². The van der Waals surface area contributed by atoms with E-state index in [1.54, 1.807) is 6.08 Å². The summed E-state index contributed by atoms with van der Waals surface area (Å²) in [6, 6.07) is 8.20. The van der Waals surface area contributed by atoms with E-state index in [4.69, 9.17) is 17.3 Å². The summed E-state index contributed by atoms with van der Waals surface area (Å²) in [4.78, 5) is 50.4. The molecule has 0 spiro atoms. The third-order valence-corrected chi connectivity index (χ3v) is 5.33. The van der Waals surface area contributed by atoms with Crippen molar-refractivity contribution < 1.29 is 24.3 Å². The zero-order valence-electron chi connectivity index (χ0n) is 13.5. The Balaban J connectivity index is 1.79. The van der Waals surface area contributed by atoms with E-state index in [0.717, 1.165) is 27.1 Å². The van der Waals surface area contributed by atoms with Crippen molar-refractivity contribution in [3.63, 3.8) is 0 Å². The molecule has 9 heteroatoms. The number of hydrogen-bond acceptors (Lipinski definition) is 6. The summed E-state index contributed by atoms with van der Waals surface area (Å²) in [5, 5.41) is 8.74. The van der Waals surface area contributed by atoms with Gasteiger partial charge in [0.1, 0.15) is 10.4 Å². The van der Waals surface area contributed by atoms with Crippen molar-refractivity contribution in [3.8, 4) is 0 Å². The van der Waals surface area contributed by atoms with Crippen molar-refractivity contribution >= 4 is 58.1 Å². The maximum absolute atomic E-state index is 12.7. The van der Waals surface area contributed by atoms with Crippen LogP contribution in [0.3, 0.4) is 0 Å². The normalized spacial score (nSPS) is 22.0. The Bertz CT molecular complexity index is 837. The molecule has 1 aromatic carbocycles. The van der Waals surface area contributed by atoms with Gasteiger partial charge in [0.2, 0.25) is 5.91 Å². The Morgan fingerprint density at radius 3 is 2.62 bits per heavy atom. The molecule has 0 radical (unpaired) electrons. The first-order chi connectivity index (χ1) is 12.4. The second kappa shape index (κ2) is 7.38. The molecular formula is C17H14N2O5S2. The molecule has 0 aliphatic carbocycles. The molecule has 3 amide bonds. The van der Waals surface area contributed by atoms with Gasteiger partial charge in [0.25, 0.3) is 11.8 Å². The number of carbonyl (C=O) groups excluding carboxylic acids is 3. The van der Waals surface area contributed by atoms with Crippen molar-refractivity contribution in [1.29, 1.82) is 0 Å². The molecule has 2 heterocycles. The minimum absolute atomic E-state index is 0.191. The Kier molecular flexibility index (Phi) is 5.19. The molecule has 134 valence electrons. The average molecular weight is 390 g/mol. The van der Waals surface area contributed by atoms with Crippen LogP contribution in [0, 0.1) is 0 Å². The molecule has 0 saturated carbocycles. The summed E-state index contributed by atoms with van der Waals surface area (Å²) in [6.45, 7) is -0.210. The van der Waals surface area contributed by atoms with E-state index in [9.17, 15) is 19.2 Å². The second-order valence-corrected chi connectivity index (χ2v) is 7.39. The van der Waals surface area contributed by atoms with Crippen LogP contribution in [0.5, 0.6) is 0 Å². The number of imide groups is 1. The fraction of sp³-hybridized carbons (Fsp3) is 0.235. The first-order valence-electron chi connectivity index (χ1n) is 7.76. The quantitative estimate of drug-likeness (QED) is 0.462. The van der Waals surface area contributed by atoms with Crippen LogP contribution in [0.4, 0.5) is 0 Å². The van der Waals surface area contributed by atoms with Gasteiger partial charge >= 0.3 is 5.97 Å². The van der Waals surface area contributed by atoms with Gasteiger partial charge in [-0.2, -0.15) is 0 Å². The van der Waals surface area contributed by atoms with E-state index in [0.29, 0.717) is 4.91 Å². The molecule has 0 unspecified atom stereocenters. The largest absolute Gasteiger partial charge is 0.481 e. The number of aliphatic carboxylic acids is 1. The summed E-state index contributed by atoms with van der Waals surface area (Å²) in [5.41, 5.74) is 0.824. The third kappa shape index (κ3) is 3.54. The number of amides is 3. The van der Waals surface area contributed by atoms with Crippen molar-refractivity contribution in [2.24, 2.45) is 0 Å². The SMILES string of the molecule is O=C(O)CCN1C(=O)C[C@@H](N2C(=O)/C(=C/c3ccccc3)SC2=S)C1=O. The van der Waals surface area contributed by atoms with Crippen LogP contribution in [-0.4, -0.2) is 55.5 Å². The van der Waals surface area contributed by atoms with Gasteiger partial charge in [-0.3, -0.25) is 29.0 Å². The Morgan fingerprint density at radius 2 is 1.96 bits per heavy atom. The smallest absolute Gasteiger partial charge is 0.305 e. The lowest BCUT2D eigenvalue weighted by Crippen LogP contribution is -2.44. The molecule has 2 aliphatic rings. The van der Waals surface area contributed by atoms with Gasteiger partial charge in [0.15, 0.2) is 0 Å². The topological polar surface area (TPSA) is 95.0 Å². The molecule has 2 fully saturated rings. The van der Waals surface area contributed by atoms with Gasteiger partial charge in [-0.25, -0.2) is 0 Å². The highest BCUT2D eigenvalue weighted by Gasteiger charge is 2.48. The van der Waals surface area contributed by atoms with E-state index in [1.165, 1.54) is 0 Å². The summed E-state index contributed by atoms with van der Waals surface area (Å²) < 4.78 is 0.211. The minimum atomic E-state index is -1.11. The lowest BCUT2D eigenvalue weighted by atomic mass is 10.2. The van der Waals surface area contributed by atoms with Gasteiger partial charge in [0.05, 0.1) is 17.7 Å².